The number of aromatic hydroxyl groups is 1. The van der Waals surface area contributed by atoms with Gasteiger partial charge in [0, 0.05) is 28.8 Å². The molecule has 35 heavy (non-hydrogen) atoms. The van der Waals surface area contributed by atoms with Gasteiger partial charge in [-0.05, 0) is 69.4 Å². The summed E-state index contributed by atoms with van der Waals surface area (Å²) in [7, 11) is 3.35. The third-order valence-corrected chi connectivity index (χ3v) is 6.51. The quantitative estimate of drug-likeness (QED) is 0.538. The highest BCUT2D eigenvalue weighted by Crippen LogP contribution is 2.34. The summed E-state index contributed by atoms with van der Waals surface area (Å²) in [5.41, 5.74) is 1.04. The van der Waals surface area contributed by atoms with Gasteiger partial charge < -0.3 is 20.1 Å². The number of hydrogen-bond donors (Lipinski definition) is 2. The molecule has 0 bridgehead atoms. The summed E-state index contributed by atoms with van der Waals surface area (Å²) in [5.74, 6) is -0.752. The molecule has 3 aromatic rings. The third kappa shape index (κ3) is 4.46. The van der Waals surface area contributed by atoms with E-state index in [1.54, 1.807) is 6.07 Å². The lowest BCUT2D eigenvalue weighted by Gasteiger charge is -2.36. The molecule has 0 amide bonds. The van der Waals surface area contributed by atoms with Gasteiger partial charge >= 0.3 is 6.01 Å². The maximum Gasteiger partial charge on any atom is 0.318 e. The first kappa shape index (κ1) is 24.6. The molecule has 0 radical (unpaired) electrons. The van der Waals surface area contributed by atoms with Crippen LogP contribution in [0, 0.1) is 5.82 Å². The number of aromatic nitrogens is 2. The summed E-state index contributed by atoms with van der Waals surface area (Å²) in [6.07, 6.45) is 1.63. The first-order chi connectivity index (χ1) is 16.8. The Morgan fingerprint density at radius 1 is 1.31 bits per heavy atom. The zero-order valence-corrected chi connectivity index (χ0v) is 20.5. The van der Waals surface area contributed by atoms with Crippen molar-refractivity contribution in [1.82, 2.24) is 15.3 Å². The lowest BCUT2D eigenvalue weighted by atomic mass is 9.94. The van der Waals surface area contributed by atoms with Crippen LogP contribution in [-0.4, -0.2) is 48.4 Å². The number of nitrogens with zero attached hydrogens (tertiary/aromatic N) is 3. The Bertz CT molecular complexity index is 1420. The highest BCUT2D eigenvalue weighted by atomic mass is 19.1. The summed E-state index contributed by atoms with van der Waals surface area (Å²) in [4.78, 5) is 11.1. The molecule has 2 N–H and O–H groups in total. The predicted octanol–water partition coefficient (Wildman–Crippen LogP) is 3.65. The molecular weight excluding hydrogens is 450 g/mol. The summed E-state index contributed by atoms with van der Waals surface area (Å²) in [6.45, 7) is 9.44. The van der Waals surface area contributed by atoms with Crippen LogP contribution in [0.1, 0.15) is 32.3 Å². The number of nitrogens with one attached hydrogen (secondary N) is 1. The van der Waals surface area contributed by atoms with Crippen LogP contribution in [0.15, 0.2) is 36.9 Å². The molecule has 6 nitrogen and oxygen atoms in total. The summed E-state index contributed by atoms with van der Waals surface area (Å²) >= 11 is 0. The number of allylic oxidation sites excluding steroid dienone is 1. The van der Waals surface area contributed by atoms with E-state index in [0.717, 1.165) is 25.0 Å². The lowest BCUT2D eigenvalue weighted by molar-refractivity contribution is 0.376. The van der Waals surface area contributed by atoms with Gasteiger partial charge in [0.1, 0.15) is 22.7 Å². The van der Waals surface area contributed by atoms with Gasteiger partial charge in [0.2, 0.25) is 0 Å². The van der Waals surface area contributed by atoms with Crippen LogP contribution in [0.2, 0.25) is 0 Å². The fourth-order valence-corrected chi connectivity index (χ4v) is 4.86. The van der Waals surface area contributed by atoms with Gasteiger partial charge in [-0.3, -0.25) is 0 Å². The monoisotopic (exact) mass is 480 g/mol. The van der Waals surface area contributed by atoms with E-state index in [9.17, 15) is 9.50 Å². The molecule has 0 saturated carbocycles. The molecule has 4 rings (SSSR count). The molecule has 1 aliphatic rings. The van der Waals surface area contributed by atoms with Crippen molar-refractivity contribution in [3.05, 3.63) is 58.9 Å². The van der Waals surface area contributed by atoms with Crippen LogP contribution in [0.25, 0.3) is 27.7 Å². The number of benzene rings is 2. The Kier molecular flexibility index (Phi) is 7.03. The number of halogens is 2. The maximum absolute atomic E-state index is 16.2. The fraction of sp³-hybridized carbons (Fsp3) is 0.333. The average Bonchev–Trinajstić information content (AvgIpc) is 2.85. The lowest BCUT2D eigenvalue weighted by Crippen LogP contribution is -2.49. The highest BCUT2D eigenvalue weighted by Gasteiger charge is 2.28. The topological polar surface area (TPSA) is 70.5 Å². The minimum atomic E-state index is -0.721. The van der Waals surface area contributed by atoms with E-state index in [0.29, 0.717) is 23.0 Å². The molecule has 8 heteroatoms. The van der Waals surface area contributed by atoms with E-state index >= 15 is 4.39 Å². The normalized spacial score (nSPS) is 16.3. The van der Waals surface area contributed by atoms with Crippen molar-refractivity contribution in [2.24, 2.45) is 0 Å². The zero-order chi connectivity index (χ0) is 25.3. The number of hydrogen-bond acceptors (Lipinski definition) is 6. The van der Waals surface area contributed by atoms with Gasteiger partial charge in [-0.15, -0.1) is 0 Å². The standard InChI is InChI=1S/C27H30F2N4O2/c1-6-33-18(10-11-30-4)12-15(2)22-25(31-27(35-5)32-26(22)33)24(29)16(3)20-14-19(34)13-17-8-7-9-21(28)23(17)20/h7-9,13-14,18,30,34H,3,6,10-12H2,1-2,4-5H3/b25-24-. The fourth-order valence-electron chi connectivity index (χ4n) is 4.86. The Balaban J connectivity index is 2.00. The van der Waals surface area contributed by atoms with Crippen LogP contribution in [-0.2, 0) is 0 Å². The van der Waals surface area contributed by atoms with E-state index in [4.69, 9.17) is 4.74 Å². The van der Waals surface area contributed by atoms with E-state index in [-0.39, 0.29) is 39.7 Å². The number of phenols is 1. The van der Waals surface area contributed by atoms with E-state index < -0.39 is 11.6 Å². The smallest absolute Gasteiger partial charge is 0.318 e. The Hall–Kier alpha value is -3.52. The van der Waals surface area contributed by atoms with Gasteiger partial charge in [0.15, 0.2) is 5.83 Å². The van der Waals surface area contributed by atoms with Gasteiger partial charge in [-0.1, -0.05) is 24.3 Å². The molecule has 1 aromatic heterocycles. The molecule has 1 aliphatic heterocycles. The largest absolute Gasteiger partial charge is 0.508 e. The molecule has 0 fully saturated rings. The molecule has 2 heterocycles. The van der Waals surface area contributed by atoms with Crippen molar-refractivity contribution in [3.63, 3.8) is 0 Å². The highest BCUT2D eigenvalue weighted by molar-refractivity contribution is 6.04. The number of ether oxygens (including phenoxy) is 1. The first-order valence-corrected chi connectivity index (χ1v) is 11.6. The second-order valence-corrected chi connectivity index (χ2v) is 8.70. The Morgan fingerprint density at radius 2 is 2.09 bits per heavy atom. The van der Waals surface area contributed by atoms with Gasteiger partial charge in [0.25, 0.3) is 0 Å². The molecule has 184 valence electrons. The van der Waals surface area contributed by atoms with Gasteiger partial charge in [-0.25, -0.2) is 8.78 Å². The van der Waals surface area contributed by atoms with Crippen molar-refractivity contribution in [3.8, 4) is 11.8 Å². The molecule has 0 aliphatic carbocycles. The zero-order valence-electron chi connectivity index (χ0n) is 20.5. The maximum atomic E-state index is 16.2. The molecule has 0 saturated heterocycles. The Morgan fingerprint density at radius 3 is 2.77 bits per heavy atom. The SMILES string of the molecule is C=C(/C(F)=c1/nc(OC)nc2c1=C(C)CC(CCNC)N2CC)c1cc(O)cc2cccc(F)c12. The van der Waals surface area contributed by atoms with Crippen molar-refractivity contribution in [2.75, 3.05) is 32.1 Å². The molecule has 1 unspecified atom stereocenters. The van der Waals surface area contributed by atoms with Gasteiger partial charge in [0.05, 0.1) is 7.11 Å². The number of methoxy groups -OCH3 is 1. The second kappa shape index (κ2) is 10.00. The minimum Gasteiger partial charge on any atom is -0.508 e. The van der Waals surface area contributed by atoms with Crippen LogP contribution in [0.5, 0.6) is 11.8 Å². The first-order valence-electron chi connectivity index (χ1n) is 11.6. The molecule has 2 aromatic carbocycles. The Labute approximate surface area is 203 Å². The van der Waals surface area contributed by atoms with Crippen LogP contribution in [0.4, 0.5) is 14.6 Å². The molecular formula is C27H30F2N4O2. The number of rotatable bonds is 7. The van der Waals surface area contributed by atoms with E-state index in [1.807, 2.05) is 20.9 Å². The number of fused-ring (bicyclic) bond motifs is 2. The summed E-state index contributed by atoms with van der Waals surface area (Å²) < 4.78 is 36.4. The summed E-state index contributed by atoms with van der Waals surface area (Å²) in [5, 5.41) is 14.7. The second-order valence-electron chi connectivity index (χ2n) is 8.70. The molecule has 1 atom stereocenters. The van der Waals surface area contributed by atoms with Crippen molar-refractivity contribution in [2.45, 2.75) is 32.7 Å². The van der Waals surface area contributed by atoms with Crippen molar-refractivity contribution >= 4 is 33.6 Å². The van der Waals surface area contributed by atoms with Crippen molar-refractivity contribution < 1.29 is 18.6 Å². The predicted molar refractivity (Wildman–Crippen MR) is 136 cm³/mol. The van der Waals surface area contributed by atoms with E-state index in [1.165, 1.54) is 31.4 Å². The third-order valence-electron chi connectivity index (χ3n) is 6.51. The van der Waals surface area contributed by atoms with E-state index in [2.05, 4.69) is 26.8 Å². The summed E-state index contributed by atoms with van der Waals surface area (Å²) in [6, 6.07) is 7.48. The molecule has 0 spiro atoms. The van der Waals surface area contributed by atoms with Gasteiger partial charge in [-0.2, -0.15) is 9.97 Å². The number of anilines is 1. The van der Waals surface area contributed by atoms with Crippen molar-refractivity contribution in [1.29, 1.82) is 0 Å². The minimum absolute atomic E-state index is 0.0363. The van der Waals surface area contributed by atoms with Crippen LogP contribution < -0.4 is 25.5 Å². The average molecular weight is 481 g/mol. The van der Waals surface area contributed by atoms with Crippen LogP contribution >= 0.6 is 0 Å². The number of phenolic OH excluding ortho intramolecular Hbond substituents is 1. The van der Waals surface area contributed by atoms with Crippen LogP contribution in [0.3, 0.4) is 0 Å².